The molecule has 5 N–H and O–H groups in total. The highest BCUT2D eigenvalue weighted by atomic mass is 16.7. The van der Waals surface area contributed by atoms with Gasteiger partial charge in [-0.05, 0) is 20.8 Å². The number of nitrogens with two attached hydrogens (primary N) is 1. The molecule has 22 heavy (non-hydrogen) atoms. The Bertz CT molecular complexity index is 380. The smallest absolute Gasteiger partial charge is 0.176 e. The number of methoxy groups -OCH3 is 1. The highest BCUT2D eigenvalue weighted by Crippen LogP contribution is 2.31. The van der Waals surface area contributed by atoms with Gasteiger partial charge in [-0.15, -0.1) is 0 Å². The van der Waals surface area contributed by atoms with Gasteiger partial charge in [-0.2, -0.15) is 0 Å². The molecule has 9 unspecified atom stereocenters. The van der Waals surface area contributed by atoms with E-state index in [-0.39, 0.29) is 6.61 Å². The summed E-state index contributed by atoms with van der Waals surface area (Å²) < 4.78 is 22.0. The summed E-state index contributed by atoms with van der Waals surface area (Å²) in [6, 6.07) is -0.733. The van der Waals surface area contributed by atoms with Crippen molar-refractivity contribution in [3.05, 3.63) is 0 Å². The van der Waals surface area contributed by atoms with E-state index >= 15 is 0 Å². The second-order valence-corrected chi connectivity index (χ2v) is 6.31. The van der Waals surface area contributed by atoms with Crippen molar-refractivity contribution in [3.8, 4) is 0 Å². The molecule has 2 fully saturated rings. The van der Waals surface area contributed by atoms with Crippen LogP contribution >= 0.6 is 0 Å². The molecule has 0 amide bonds. The molecule has 8 heteroatoms. The molecule has 8 nitrogen and oxygen atoms in total. The molecule has 0 radical (unpaired) electrons. The molecule has 130 valence electrons. The first-order valence-corrected chi connectivity index (χ1v) is 7.49. The normalized spacial score (nSPS) is 53.5. The van der Waals surface area contributed by atoms with Crippen LogP contribution in [0.5, 0.6) is 0 Å². The molecule has 0 saturated carbocycles. The van der Waals surface area contributed by atoms with Gasteiger partial charge in [0.2, 0.25) is 0 Å². The fraction of sp³-hybridized carbons (Fsp3) is 1.00. The predicted molar refractivity (Wildman–Crippen MR) is 76.0 cm³/mol. The molecule has 0 spiro atoms. The van der Waals surface area contributed by atoms with Gasteiger partial charge in [0.25, 0.3) is 0 Å². The molecule has 2 saturated heterocycles. The third-order valence-electron chi connectivity index (χ3n) is 4.64. The van der Waals surface area contributed by atoms with Gasteiger partial charge in [0.1, 0.15) is 30.0 Å². The summed E-state index contributed by atoms with van der Waals surface area (Å²) in [4.78, 5) is 0. The van der Waals surface area contributed by atoms with E-state index in [1.807, 2.05) is 0 Å². The fourth-order valence-electron chi connectivity index (χ4n) is 2.96. The molecule has 9 atom stereocenters. The summed E-state index contributed by atoms with van der Waals surface area (Å²) in [5.41, 5.74) is 4.54. The topological polar surface area (TPSA) is 124 Å². The lowest BCUT2D eigenvalue weighted by atomic mass is 9.87. The zero-order valence-electron chi connectivity index (χ0n) is 13.4. The lowest BCUT2D eigenvalue weighted by molar-refractivity contribution is -0.318. The van der Waals surface area contributed by atoms with E-state index in [2.05, 4.69) is 0 Å². The summed E-state index contributed by atoms with van der Waals surface area (Å²) in [5, 5.41) is 30.6. The second-order valence-electron chi connectivity index (χ2n) is 6.31. The minimum Gasteiger partial charge on any atom is -0.388 e. The van der Waals surface area contributed by atoms with E-state index < -0.39 is 54.6 Å². The largest absolute Gasteiger partial charge is 0.388 e. The number of ether oxygens (including phenoxy) is 4. The molecule has 0 bridgehead atoms. The van der Waals surface area contributed by atoms with Crippen LogP contribution in [0.4, 0.5) is 0 Å². The van der Waals surface area contributed by atoms with E-state index in [4.69, 9.17) is 24.7 Å². The molecule has 2 aliphatic rings. The van der Waals surface area contributed by atoms with Crippen molar-refractivity contribution in [2.75, 3.05) is 13.7 Å². The van der Waals surface area contributed by atoms with Crippen LogP contribution in [0.1, 0.15) is 20.8 Å². The Morgan fingerprint density at radius 3 is 2.45 bits per heavy atom. The van der Waals surface area contributed by atoms with Crippen LogP contribution in [0, 0.1) is 0 Å². The van der Waals surface area contributed by atoms with E-state index in [0.29, 0.717) is 0 Å². The van der Waals surface area contributed by atoms with Crippen LogP contribution in [-0.4, -0.2) is 83.6 Å². The van der Waals surface area contributed by atoms with Crippen molar-refractivity contribution in [1.82, 2.24) is 0 Å². The predicted octanol–water partition coefficient (Wildman–Crippen LogP) is -1.65. The van der Waals surface area contributed by atoms with E-state index in [0.717, 1.165) is 0 Å². The van der Waals surface area contributed by atoms with Crippen molar-refractivity contribution in [2.24, 2.45) is 5.73 Å². The maximum atomic E-state index is 10.5. The van der Waals surface area contributed by atoms with E-state index in [1.54, 1.807) is 13.8 Å². The molecule has 0 aliphatic carbocycles. The highest BCUT2D eigenvalue weighted by Gasteiger charge is 2.50. The summed E-state index contributed by atoms with van der Waals surface area (Å²) >= 11 is 0. The second kappa shape index (κ2) is 6.66. The summed E-state index contributed by atoms with van der Waals surface area (Å²) in [5.74, 6) is 0. The molecule has 2 rings (SSSR count). The molecule has 2 heterocycles. The van der Waals surface area contributed by atoms with Gasteiger partial charge < -0.3 is 40.0 Å². The van der Waals surface area contributed by atoms with Gasteiger partial charge in [0, 0.05) is 7.11 Å². The average Bonchev–Trinajstić information content (AvgIpc) is 2.46. The van der Waals surface area contributed by atoms with Crippen LogP contribution in [0.15, 0.2) is 0 Å². The number of hydrogen-bond donors (Lipinski definition) is 4. The van der Waals surface area contributed by atoms with Gasteiger partial charge in [-0.25, -0.2) is 0 Å². The van der Waals surface area contributed by atoms with Crippen molar-refractivity contribution in [3.63, 3.8) is 0 Å². The lowest BCUT2D eigenvalue weighted by Gasteiger charge is -2.47. The molecule has 2 aliphatic heterocycles. The number of aliphatic hydroxyl groups excluding tert-OH is 2. The quantitative estimate of drug-likeness (QED) is 0.487. The van der Waals surface area contributed by atoms with Crippen LogP contribution in [-0.2, 0) is 18.9 Å². The summed E-state index contributed by atoms with van der Waals surface area (Å²) in [6.45, 7) is 4.96. The molecule has 0 aromatic rings. The Hall–Kier alpha value is -0.320. The van der Waals surface area contributed by atoms with Gasteiger partial charge in [-0.1, -0.05) is 0 Å². The Morgan fingerprint density at radius 2 is 1.86 bits per heavy atom. The van der Waals surface area contributed by atoms with Crippen molar-refractivity contribution in [2.45, 2.75) is 75.3 Å². The van der Waals surface area contributed by atoms with Gasteiger partial charge in [0.05, 0.1) is 24.9 Å². The first-order chi connectivity index (χ1) is 10.2. The average molecular weight is 321 g/mol. The molecular weight excluding hydrogens is 294 g/mol. The Labute approximate surface area is 130 Å². The van der Waals surface area contributed by atoms with Crippen LogP contribution in [0.2, 0.25) is 0 Å². The first kappa shape index (κ1) is 18.0. The van der Waals surface area contributed by atoms with Crippen molar-refractivity contribution >= 4 is 0 Å². The highest BCUT2D eigenvalue weighted by molar-refractivity contribution is 4.98. The zero-order valence-corrected chi connectivity index (χ0v) is 13.4. The standard InChI is InChI=1S/C14H27NO7/c1-6-10(16)11(19-4)9(15)13(21-6)22-8-5-20-7(2)12(17)14(8,3)18/h6-13,16-18H,5,15H2,1-4H3. The third kappa shape index (κ3) is 3.15. The summed E-state index contributed by atoms with van der Waals surface area (Å²) in [6.07, 6.45) is -5.33. The molecule has 0 aromatic heterocycles. The number of aliphatic hydroxyl groups is 3. The van der Waals surface area contributed by atoms with Crippen molar-refractivity contribution < 1.29 is 34.3 Å². The zero-order chi connectivity index (χ0) is 16.7. The Kier molecular flexibility index (Phi) is 5.46. The Balaban J connectivity index is 2.09. The van der Waals surface area contributed by atoms with Crippen molar-refractivity contribution in [1.29, 1.82) is 0 Å². The Morgan fingerprint density at radius 1 is 1.23 bits per heavy atom. The SMILES string of the molecule is COC1C(N)C(OC2COC(C)C(O)C2(C)O)OC(C)C1O. The molecular formula is C14H27NO7. The fourth-order valence-corrected chi connectivity index (χ4v) is 2.96. The van der Waals surface area contributed by atoms with Crippen LogP contribution < -0.4 is 5.73 Å². The number of rotatable bonds is 3. The monoisotopic (exact) mass is 321 g/mol. The third-order valence-corrected chi connectivity index (χ3v) is 4.64. The maximum absolute atomic E-state index is 10.5. The van der Waals surface area contributed by atoms with Gasteiger partial charge in [0.15, 0.2) is 6.29 Å². The van der Waals surface area contributed by atoms with Crippen LogP contribution in [0.3, 0.4) is 0 Å². The van der Waals surface area contributed by atoms with E-state index in [9.17, 15) is 15.3 Å². The maximum Gasteiger partial charge on any atom is 0.176 e. The first-order valence-electron chi connectivity index (χ1n) is 7.49. The summed E-state index contributed by atoms with van der Waals surface area (Å²) in [7, 11) is 1.45. The van der Waals surface area contributed by atoms with Gasteiger partial charge >= 0.3 is 0 Å². The van der Waals surface area contributed by atoms with E-state index in [1.165, 1.54) is 14.0 Å². The molecule has 0 aromatic carbocycles. The number of hydrogen-bond acceptors (Lipinski definition) is 8. The minimum atomic E-state index is -1.50. The minimum absolute atomic E-state index is 0.104. The van der Waals surface area contributed by atoms with Gasteiger partial charge in [-0.3, -0.25) is 0 Å². The van der Waals surface area contributed by atoms with Crippen LogP contribution in [0.25, 0.3) is 0 Å². The lowest BCUT2D eigenvalue weighted by Crippen LogP contribution is -2.66.